The number of aliphatic carboxylic acids is 1. The van der Waals surface area contributed by atoms with E-state index < -0.39 is 5.97 Å². The quantitative estimate of drug-likeness (QED) is 0.730. The molecule has 1 aliphatic heterocycles. The summed E-state index contributed by atoms with van der Waals surface area (Å²) in [6.07, 6.45) is 8.09. The molecule has 0 fully saturated rings. The van der Waals surface area contributed by atoms with Gasteiger partial charge < -0.3 is 19.6 Å². The minimum Gasteiger partial charge on any atom is -0.497 e. The Morgan fingerprint density at radius 2 is 1.94 bits per heavy atom. The second kappa shape index (κ2) is 9.27. The predicted molar refractivity (Wildman–Crippen MR) is 119 cm³/mol. The molecule has 162 valence electrons. The summed E-state index contributed by atoms with van der Waals surface area (Å²) in [4.78, 5) is 11.3. The first-order chi connectivity index (χ1) is 15.0. The molecule has 0 aromatic heterocycles. The van der Waals surface area contributed by atoms with E-state index in [1.165, 1.54) is 11.1 Å². The molecule has 1 N–H and O–H groups in total. The van der Waals surface area contributed by atoms with Crippen molar-refractivity contribution in [2.45, 2.75) is 25.8 Å². The third kappa shape index (κ3) is 5.09. The highest BCUT2D eigenvalue weighted by atomic mass is 16.5. The number of allylic oxidation sites excluding steroid dienone is 1. The van der Waals surface area contributed by atoms with Crippen LogP contribution in [0.3, 0.4) is 0 Å². The number of hydrazine groups is 1. The minimum atomic E-state index is -0.714. The van der Waals surface area contributed by atoms with E-state index in [2.05, 4.69) is 35.3 Å². The van der Waals surface area contributed by atoms with Crippen LogP contribution in [0, 0.1) is 5.92 Å². The van der Waals surface area contributed by atoms with Gasteiger partial charge in [-0.05, 0) is 72.4 Å². The van der Waals surface area contributed by atoms with Crippen molar-refractivity contribution in [3.8, 4) is 11.5 Å². The van der Waals surface area contributed by atoms with Crippen LogP contribution in [0.1, 0.15) is 23.1 Å². The number of aryl methyl sites for hydroxylation is 1. The molecule has 1 atom stereocenters. The Balaban J connectivity index is 1.34. The van der Waals surface area contributed by atoms with Crippen molar-refractivity contribution in [1.29, 1.82) is 0 Å². The summed E-state index contributed by atoms with van der Waals surface area (Å²) in [6, 6.07) is 14.1. The fourth-order valence-corrected chi connectivity index (χ4v) is 4.03. The standard InChI is InChI=1S/C25H28N2O4/c1-26(17-18-3-8-22(30-2)9-4-18)27-13-11-23(12-14-27)31-24-10-7-19-5-6-20(25(28)29)15-21(19)16-24/h3-4,7-13,16,20H,5-6,14-15,17H2,1-2H3,(H,28,29). The van der Waals surface area contributed by atoms with Gasteiger partial charge in [0, 0.05) is 19.8 Å². The maximum atomic E-state index is 11.3. The summed E-state index contributed by atoms with van der Waals surface area (Å²) < 4.78 is 11.3. The monoisotopic (exact) mass is 420 g/mol. The van der Waals surface area contributed by atoms with Crippen molar-refractivity contribution < 1.29 is 19.4 Å². The van der Waals surface area contributed by atoms with E-state index in [1.807, 2.05) is 42.6 Å². The topological polar surface area (TPSA) is 62.2 Å². The summed E-state index contributed by atoms with van der Waals surface area (Å²) in [5.41, 5.74) is 3.51. The van der Waals surface area contributed by atoms with Gasteiger partial charge in [0.1, 0.15) is 17.3 Å². The van der Waals surface area contributed by atoms with E-state index in [9.17, 15) is 9.90 Å². The lowest BCUT2D eigenvalue weighted by Gasteiger charge is -2.32. The lowest BCUT2D eigenvalue weighted by atomic mass is 9.84. The summed E-state index contributed by atoms with van der Waals surface area (Å²) in [6.45, 7) is 1.50. The lowest BCUT2D eigenvalue weighted by molar-refractivity contribution is -0.142. The molecule has 0 radical (unpaired) electrons. The number of methoxy groups -OCH3 is 1. The second-order valence-corrected chi connectivity index (χ2v) is 8.02. The molecule has 6 nitrogen and oxygen atoms in total. The fourth-order valence-electron chi connectivity index (χ4n) is 4.03. The Morgan fingerprint density at radius 1 is 1.16 bits per heavy atom. The molecule has 0 spiro atoms. The number of ether oxygens (including phenoxy) is 2. The van der Waals surface area contributed by atoms with Crippen LogP contribution >= 0.6 is 0 Å². The van der Waals surface area contributed by atoms with Crippen molar-refractivity contribution in [2.24, 2.45) is 5.92 Å². The highest BCUT2D eigenvalue weighted by molar-refractivity contribution is 5.71. The molecule has 0 bridgehead atoms. The molecule has 2 aromatic rings. The maximum Gasteiger partial charge on any atom is 0.306 e. The molecule has 0 saturated carbocycles. The second-order valence-electron chi connectivity index (χ2n) is 8.02. The number of fused-ring (bicyclic) bond motifs is 1. The summed E-state index contributed by atoms with van der Waals surface area (Å²) in [5, 5.41) is 13.6. The van der Waals surface area contributed by atoms with Crippen molar-refractivity contribution in [3.05, 3.63) is 83.3 Å². The van der Waals surface area contributed by atoms with Gasteiger partial charge in [-0.2, -0.15) is 0 Å². The number of carbonyl (C=O) groups is 1. The maximum absolute atomic E-state index is 11.3. The summed E-state index contributed by atoms with van der Waals surface area (Å²) >= 11 is 0. The van der Waals surface area contributed by atoms with Gasteiger partial charge in [-0.15, -0.1) is 0 Å². The van der Waals surface area contributed by atoms with Crippen LogP contribution in [0.4, 0.5) is 0 Å². The summed E-state index contributed by atoms with van der Waals surface area (Å²) in [5.74, 6) is 1.38. The molecule has 6 heteroatoms. The van der Waals surface area contributed by atoms with E-state index in [1.54, 1.807) is 7.11 Å². The lowest BCUT2D eigenvalue weighted by Crippen LogP contribution is -2.36. The molecule has 4 rings (SSSR count). The Labute approximate surface area is 183 Å². The number of hydrogen-bond acceptors (Lipinski definition) is 5. The largest absolute Gasteiger partial charge is 0.497 e. The van der Waals surface area contributed by atoms with Gasteiger partial charge in [-0.1, -0.05) is 18.2 Å². The molecular formula is C25H28N2O4. The van der Waals surface area contributed by atoms with Crippen molar-refractivity contribution in [3.63, 3.8) is 0 Å². The van der Waals surface area contributed by atoms with Crippen LogP contribution < -0.4 is 9.47 Å². The van der Waals surface area contributed by atoms with E-state index >= 15 is 0 Å². The van der Waals surface area contributed by atoms with Crippen molar-refractivity contribution in [1.82, 2.24) is 10.0 Å². The number of nitrogens with zero attached hydrogens (tertiary/aromatic N) is 2. The van der Waals surface area contributed by atoms with E-state index in [0.29, 0.717) is 19.4 Å². The van der Waals surface area contributed by atoms with Gasteiger partial charge in [-0.3, -0.25) is 4.79 Å². The van der Waals surface area contributed by atoms with Crippen LogP contribution in [0.2, 0.25) is 0 Å². The molecule has 0 saturated heterocycles. The molecule has 2 aliphatic rings. The van der Waals surface area contributed by atoms with Crippen molar-refractivity contribution in [2.75, 3.05) is 20.7 Å². The van der Waals surface area contributed by atoms with Crippen molar-refractivity contribution >= 4 is 5.97 Å². The highest BCUT2D eigenvalue weighted by Gasteiger charge is 2.24. The molecule has 1 aliphatic carbocycles. The predicted octanol–water partition coefficient (Wildman–Crippen LogP) is 4.02. The summed E-state index contributed by atoms with van der Waals surface area (Å²) in [7, 11) is 3.72. The molecule has 31 heavy (non-hydrogen) atoms. The van der Waals surface area contributed by atoms with Crippen LogP contribution in [0.15, 0.2) is 66.6 Å². The first-order valence-corrected chi connectivity index (χ1v) is 10.5. The Kier molecular flexibility index (Phi) is 6.28. The van der Waals surface area contributed by atoms with Crippen LogP contribution in [-0.4, -0.2) is 41.8 Å². The van der Waals surface area contributed by atoms with Gasteiger partial charge >= 0.3 is 5.97 Å². The van der Waals surface area contributed by atoms with Crippen LogP contribution in [0.25, 0.3) is 0 Å². The zero-order valence-electron chi connectivity index (χ0n) is 18.0. The van der Waals surface area contributed by atoms with Gasteiger partial charge in [0.25, 0.3) is 0 Å². The highest BCUT2D eigenvalue weighted by Crippen LogP contribution is 2.30. The molecule has 0 amide bonds. The molecular weight excluding hydrogens is 392 g/mol. The number of hydrogen-bond donors (Lipinski definition) is 1. The molecule has 2 aromatic carbocycles. The molecule has 1 unspecified atom stereocenters. The zero-order chi connectivity index (χ0) is 21.8. The average Bonchev–Trinajstić information content (AvgIpc) is 2.79. The van der Waals surface area contributed by atoms with Gasteiger partial charge in [-0.25, -0.2) is 5.01 Å². The van der Waals surface area contributed by atoms with E-state index in [-0.39, 0.29) is 5.92 Å². The first kappa shape index (κ1) is 21.0. The molecule has 1 heterocycles. The third-order valence-corrected chi connectivity index (χ3v) is 5.89. The van der Waals surface area contributed by atoms with E-state index in [0.717, 1.165) is 35.8 Å². The number of carboxylic acid groups (broad SMARTS) is 1. The third-order valence-electron chi connectivity index (χ3n) is 5.89. The minimum absolute atomic E-state index is 0.300. The number of carboxylic acids is 1. The van der Waals surface area contributed by atoms with Crippen LogP contribution in [-0.2, 0) is 24.2 Å². The van der Waals surface area contributed by atoms with Gasteiger partial charge in [0.15, 0.2) is 0 Å². The van der Waals surface area contributed by atoms with Crippen LogP contribution in [0.5, 0.6) is 11.5 Å². The SMILES string of the molecule is COc1ccc(CN(C)N2C=CC(Oc3ccc4c(c3)CC(C(=O)O)CC4)=CC2)cc1. The Bertz CT molecular complexity index is 997. The van der Waals surface area contributed by atoms with Gasteiger partial charge in [0.2, 0.25) is 0 Å². The fraction of sp³-hybridized carbons (Fsp3) is 0.320. The normalized spacial score (nSPS) is 17.8. The van der Waals surface area contributed by atoms with E-state index in [4.69, 9.17) is 9.47 Å². The number of rotatable bonds is 7. The van der Waals surface area contributed by atoms with Gasteiger partial charge in [0.05, 0.1) is 19.6 Å². The number of benzene rings is 2. The Morgan fingerprint density at radius 3 is 2.61 bits per heavy atom. The smallest absolute Gasteiger partial charge is 0.306 e. The Hall–Kier alpha value is -3.25. The average molecular weight is 421 g/mol. The first-order valence-electron chi connectivity index (χ1n) is 10.5. The zero-order valence-corrected chi connectivity index (χ0v) is 18.0.